The van der Waals surface area contributed by atoms with E-state index in [1.165, 1.54) is 44.6 Å². The summed E-state index contributed by atoms with van der Waals surface area (Å²) in [5.74, 6) is -2.90. The van der Waals surface area contributed by atoms with Gasteiger partial charge >= 0.3 is 5.97 Å². The minimum atomic E-state index is -0.958. The lowest BCUT2D eigenvalue weighted by molar-refractivity contribution is -0.148. The lowest BCUT2D eigenvalue weighted by Crippen LogP contribution is -2.44. The van der Waals surface area contributed by atoms with Crippen molar-refractivity contribution in [2.75, 3.05) is 27.4 Å². The van der Waals surface area contributed by atoms with Crippen LogP contribution in [0.4, 0.5) is 0 Å². The summed E-state index contributed by atoms with van der Waals surface area (Å²) in [5, 5.41) is 0. The Hall–Kier alpha value is -4.41. The van der Waals surface area contributed by atoms with Crippen LogP contribution < -0.4 is 20.3 Å². The van der Waals surface area contributed by atoms with Gasteiger partial charge in [-0.3, -0.25) is 39.7 Å². The van der Waals surface area contributed by atoms with Crippen LogP contribution in [0.25, 0.3) is 0 Å². The molecule has 32 heavy (non-hydrogen) atoms. The maximum atomic E-state index is 12.2. The fourth-order valence-electron chi connectivity index (χ4n) is 2.92. The van der Waals surface area contributed by atoms with Crippen molar-refractivity contribution >= 4 is 29.6 Å². The number of nitrogens with zero attached hydrogens (tertiary/aromatic N) is 1. The fourth-order valence-corrected chi connectivity index (χ4v) is 2.92. The van der Waals surface area contributed by atoms with E-state index in [2.05, 4.69) is 10.9 Å². The highest BCUT2D eigenvalue weighted by Gasteiger charge is 2.36. The van der Waals surface area contributed by atoms with Crippen LogP contribution in [0.3, 0.4) is 0 Å². The number of fused-ring (bicyclic) bond motifs is 1. The third-order valence-electron chi connectivity index (χ3n) is 4.49. The molecule has 11 heteroatoms. The number of ether oxygens (including phenoxy) is 3. The third-order valence-corrected chi connectivity index (χ3v) is 4.49. The van der Waals surface area contributed by atoms with Crippen LogP contribution in [0.5, 0.6) is 11.5 Å². The molecule has 0 aliphatic carbocycles. The Morgan fingerprint density at radius 3 is 2.09 bits per heavy atom. The second-order valence-corrected chi connectivity index (χ2v) is 6.47. The minimum absolute atomic E-state index is 0.186. The SMILES string of the molecule is COc1ccc(C(=O)NNC(=O)COC(=O)CN2C(=O)c3ccccc3C2=O)cc1OC. The number of hydrazine groups is 1. The summed E-state index contributed by atoms with van der Waals surface area (Å²) in [5.41, 5.74) is 4.83. The molecule has 2 N–H and O–H groups in total. The van der Waals surface area contributed by atoms with Gasteiger partial charge in [0.15, 0.2) is 18.1 Å². The average Bonchev–Trinajstić information content (AvgIpc) is 3.05. The summed E-state index contributed by atoms with van der Waals surface area (Å²) in [4.78, 5) is 61.2. The number of esters is 1. The van der Waals surface area contributed by atoms with E-state index in [4.69, 9.17) is 14.2 Å². The van der Waals surface area contributed by atoms with E-state index >= 15 is 0 Å². The molecule has 0 saturated heterocycles. The summed E-state index contributed by atoms with van der Waals surface area (Å²) in [7, 11) is 2.87. The minimum Gasteiger partial charge on any atom is -0.493 e. The van der Waals surface area contributed by atoms with E-state index in [9.17, 15) is 24.0 Å². The Morgan fingerprint density at radius 1 is 0.875 bits per heavy atom. The van der Waals surface area contributed by atoms with Crippen molar-refractivity contribution in [2.24, 2.45) is 0 Å². The number of hydrogen-bond donors (Lipinski definition) is 2. The fraction of sp³-hybridized carbons (Fsp3) is 0.190. The Balaban J connectivity index is 1.46. The number of hydrogen-bond acceptors (Lipinski definition) is 8. The van der Waals surface area contributed by atoms with Crippen LogP contribution in [-0.4, -0.2) is 61.9 Å². The summed E-state index contributed by atoms with van der Waals surface area (Å²) >= 11 is 0. The predicted molar refractivity (Wildman–Crippen MR) is 108 cm³/mol. The molecule has 0 saturated carbocycles. The zero-order valence-corrected chi connectivity index (χ0v) is 17.2. The predicted octanol–water partition coefficient (Wildman–Crippen LogP) is 0.304. The summed E-state index contributed by atoms with van der Waals surface area (Å²) in [6.45, 7) is -1.37. The van der Waals surface area contributed by atoms with Gasteiger partial charge in [-0.15, -0.1) is 0 Å². The highest BCUT2D eigenvalue weighted by atomic mass is 16.5. The smallest absolute Gasteiger partial charge is 0.326 e. The van der Waals surface area contributed by atoms with Crippen LogP contribution in [0.2, 0.25) is 0 Å². The van der Waals surface area contributed by atoms with Crippen molar-refractivity contribution in [1.29, 1.82) is 0 Å². The van der Waals surface area contributed by atoms with E-state index < -0.39 is 42.7 Å². The quantitative estimate of drug-likeness (QED) is 0.355. The Labute approximate surface area is 182 Å². The first-order chi connectivity index (χ1) is 15.3. The third kappa shape index (κ3) is 4.67. The molecule has 166 valence electrons. The van der Waals surface area contributed by atoms with Crippen molar-refractivity contribution in [2.45, 2.75) is 0 Å². The molecule has 2 aromatic rings. The summed E-state index contributed by atoms with van der Waals surface area (Å²) in [6, 6.07) is 10.6. The molecule has 1 aliphatic heterocycles. The molecule has 0 aromatic heterocycles. The molecule has 1 aliphatic rings. The first kappa shape index (κ1) is 22.3. The maximum Gasteiger partial charge on any atom is 0.326 e. The number of nitrogens with one attached hydrogen (secondary N) is 2. The molecular weight excluding hydrogens is 422 g/mol. The van der Waals surface area contributed by atoms with Crippen molar-refractivity contribution in [3.63, 3.8) is 0 Å². The van der Waals surface area contributed by atoms with Gasteiger partial charge in [-0.05, 0) is 30.3 Å². The molecule has 4 amide bonds. The van der Waals surface area contributed by atoms with Gasteiger partial charge < -0.3 is 14.2 Å². The molecular formula is C21H19N3O8. The molecule has 1 heterocycles. The number of carbonyl (C=O) groups excluding carboxylic acids is 5. The second kappa shape index (κ2) is 9.60. The number of carbonyl (C=O) groups is 5. The van der Waals surface area contributed by atoms with E-state index in [1.807, 2.05) is 0 Å². The number of rotatable bonds is 7. The van der Waals surface area contributed by atoms with Crippen molar-refractivity contribution in [3.05, 3.63) is 59.2 Å². The molecule has 11 nitrogen and oxygen atoms in total. The zero-order chi connectivity index (χ0) is 23.3. The highest BCUT2D eigenvalue weighted by Crippen LogP contribution is 2.27. The lowest BCUT2D eigenvalue weighted by Gasteiger charge is -2.13. The monoisotopic (exact) mass is 441 g/mol. The first-order valence-electron chi connectivity index (χ1n) is 9.27. The van der Waals surface area contributed by atoms with E-state index in [0.717, 1.165) is 4.90 Å². The van der Waals surface area contributed by atoms with E-state index in [-0.39, 0.29) is 16.7 Å². The topological polar surface area (TPSA) is 140 Å². The molecule has 0 atom stereocenters. The van der Waals surface area contributed by atoms with Gasteiger partial charge in [-0.2, -0.15) is 0 Å². The Bertz CT molecular complexity index is 1060. The molecule has 2 aromatic carbocycles. The van der Waals surface area contributed by atoms with Crippen molar-refractivity contribution in [1.82, 2.24) is 15.8 Å². The van der Waals surface area contributed by atoms with Crippen LogP contribution in [0, 0.1) is 0 Å². The van der Waals surface area contributed by atoms with Gasteiger partial charge in [0.2, 0.25) is 0 Å². The number of amides is 4. The first-order valence-corrected chi connectivity index (χ1v) is 9.27. The van der Waals surface area contributed by atoms with Gasteiger partial charge in [-0.1, -0.05) is 12.1 Å². The standard InChI is InChI=1S/C21H19N3O8/c1-30-15-8-7-12(9-16(15)31-2)19(27)23-22-17(25)11-32-18(26)10-24-20(28)13-5-3-4-6-14(13)21(24)29/h3-9H,10-11H2,1-2H3,(H,22,25)(H,23,27). The van der Waals surface area contributed by atoms with Crippen LogP contribution in [0.15, 0.2) is 42.5 Å². The van der Waals surface area contributed by atoms with Crippen molar-refractivity contribution < 1.29 is 38.2 Å². The van der Waals surface area contributed by atoms with Crippen LogP contribution in [-0.2, 0) is 14.3 Å². The Morgan fingerprint density at radius 2 is 1.50 bits per heavy atom. The largest absolute Gasteiger partial charge is 0.493 e. The maximum absolute atomic E-state index is 12.2. The van der Waals surface area contributed by atoms with Gasteiger partial charge in [-0.25, -0.2) is 0 Å². The summed E-state index contributed by atoms with van der Waals surface area (Å²) in [6.07, 6.45) is 0. The molecule has 0 fully saturated rings. The van der Waals surface area contributed by atoms with Crippen LogP contribution in [0.1, 0.15) is 31.1 Å². The van der Waals surface area contributed by atoms with Crippen molar-refractivity contribution in [3.8, 4) is 11.5 Å². The van der Waals surface area contributed by atoms with E-state index in [0.29, 0.717) is 11.5 Å². The molecule has 0 spiro atoms. The molecule has 0 unspecified atom stereocenters. The van der Waals surface area contributed by atoms with E-state index in [1.54, 1.807) is 12.1 Å². The second-order valence-electron chi connectivity index (χ2n) is 6.47. The normalized spacial score (nSPS) is 12.1. The Kier molecular flexibility index (Phi) is 6.68. The zero-order valence-electron chi connectivity index (χ0n) is 17.2. The molecule has 3 rings (SSSR count). The summed E-state index contributed by atoms with van der Waals surface area (Å²) < 4.78 is 15.0. The molecule has 0 radical (unpaired) electrons. The number of imide groups is 1. The molecule has 0 bridgehead atoms. The number of methoxy groups -OCH3 is 2. The van der Waals surface area contributed by atoms with Gasteiger partial charge in [0.05, 0.1) is 25.3 Å². The highest BCUT2D eigenvalue weighted by molar-refractivity contribution is 6.22. The lowest BCUT2D eigenvalue weighted by atomic mass is 10.1. The average molecular weight is 441 g/mol. The van der Waals surface area contributed by atoms with Gasteiger partial charge in [0.1, 0.15) is 6.54 Å². The van der Waals surface area contributed by atoms with Gasteiger partial charge in [0, 0.05) is 5.56 Å². The van der Waals surface area contributed by atoms with Crippen LogP contribution >= 0.6 is 0 Å². The number of benzene rings is 2. The van der Waals surface area contributed by atoms with Gasteiger partial charge in [0.25, 0.3) is 23.6 Å².